The van der Waals surface area contributed by atoms with E-state index in [4.69, 9.17) is 0 Å². The van der Waals surface area contributed by atoms with Gasteiger partial charge in [-0.2, -0.15) is 0 Å². The lowest BCUT2D eigenvalue weighted by Gasteiger charge is -1.99. The van der Waals surface area contributed by atoms with Gasteiger partial charge in [0.25, 0.3) is 0 Å². The van der Waals surface area contributed by atoms with Crippen LogP contribution in [0.5, 0.6) is 0 Å². The highest BCUT2D eigenvalue weighted by atomic mass is 19.1. The molecule has 0 bridgehead atoms. The number of halogens is 2. The molecule has 1 N–H and O–H groups in total. The second kappa shape index (κ2) is 2.40. The van der Waals surface area contributed by atoms with E-state index in [0.29, 0.717) is 13.0 Å². The fourth-order valence-corrected chi connectivity index (χ4v) is 0.887. The molecule has 8 heavy (non-hydrogen) atoms. The molecule has 0 saturated carbocycles. The molecule has 1 aliphatic heterocycles. The van der Waals surface area contributed by atoms with E-state index in [1.807, 2.05) is 0 Å². The van der Waals surface area contributed by atoms with Gasteiger partial charge in [0.05, 0.1) is 0 Å². The van der Waals surface area contributed by atoms with E-state index in [9.17, 15) is 8.78 Å². The van der Waals surface area contributed by atoms with Gasteiger partial charge in [0.1, 0.15) is 12.8 Å². The SMILES string of the molecule is FC[C@H]1C[C@@H](F)CN1. The molecule has 0 amide bonds. The van der Waals surface area contributed by atoms with Crippen molar-refractivity contribution in [2.45, 2.75) is 18.6 Å². The van der Waals surface area contributed by atoms with Gasteiger partial charge < -0.3 is 5.32 Å². The van der Waals surface area contributed by atoms with Crippen LogP contribution in [0.1, 0.15) is 6.42 Å². The molecule has 1 aliphatic rings. The molecule has 0 unspecified atom stereocenters. The predicted octanol–water partition coefficient (Wildman–Crippen LogP) is 0.656. The maximum atomic E-state index is 12.1. The Morgan fingerprint density at radius 1 is 1.62 bits per heavy atom. The summed E-state index contributed by atoms with van der Waals surface area (Å²) in [6.45, 7) is -0.116. The van der Waals surface area contributed by atoms with Crippen LogP contribution in [0.2, 0.25) is 0 Å². The normalized spacial score (nSPS) is 38.2. The molecule has 3 heteroatoms. The maximum Gasteiger partial charge on any atom is 0.114 e. The molecule has 48 valence electrons. The number of hydrogen-bond acceptors (Lipinski definition) is 1. The lowest BCUT2D eigenvalue weighted by Crippen LogP contribution is -2.22. The molecule has 1 heterocycles. The highest BCUT2D eigenvalue weighted by molar-refractivity contribution is 4.80. The average Bonchev–Trinajstić information content (AvgIpc) is 2.14. The smallest absolute Gasteiger partial charge is 0.114 e. The van der Waals surface area contributed by atoms with E-state index in [-0.39, 0.29) is 6.04 Å². The van der Waals surface area contributed by atoms with Crippen molar-refractivity contribution in [2.24, 2.45) is 0 Å². The number of alkyl halides is 2. The second-order valence-corrected chi connectivity index (χ2v) is 2.09. The zero-order valence-corrected chi connectivity index (χ0v) is 4.53. The number of hydrogen-bond donors (Lipinski definition) is 1. The molecule has 2 atom stereocenters. The Kier molecular flexibility index (Phi) is 1.78. The summed E-state index contributed by atoms with van der Waals surface area (Å²) in [5.41, 5.74) is 0. The van der Waals surface area contributed by atoms with Crippen LogP contribution in [0.3, 0.4) is 0 Å². The standard InChI is InChI=1S/C5H9F2N/c6-2-5-1-4(7)3-8-5/h4-5,8H,1-3H2/t4-,5-/m1/s1. The predicted molar refractivity (Wildman–Crippen MR) is 27.3 cm³/mol. The third-order valence-electron chi connectivity index (χ3n) is 1.35. The minimum absolute atomic E-state index is 0.218. The molecule has 0 aromatic carbocycles. The van der Waals surface area contributed by atoms with E-state index in [1.165, 1.54) is 0 Å². The first-order valence-electron chi connectivity index (χ1n) is 2.76. The van der Waals surface area contributed by atoms with Gasteiger partial charge in [-0.1, -0.05) is 0 Å². The van der Waals surface area contributed by atoms with Crippen LogP contribution >= 0.6 is 0 Å². The minimum atomic E-state index is -0.823. The van der Waals surface area contributed by atoms with Crippen LogP contribution in [-0.4, -0.2) is 25.4 Å². The zero-order chi connectivity index (χ0) is 5.98. The highest BCUT2D eigenvalue weighted by Gasteiger charge is 2.22. The Bertz CT molecular complexity index is 76.8. The fraction of sp³-hybridized carbons (Fsp3) is 1.00. The van der Waals surface area contributed by atoms with Gasteiger partial charge in [0.2, 0.25) is 0 Å². The Hall–Kier alpha value is -0.180. The van der Waals surface area contributed by atoms with Gasteiger partial charge in [-0.3, -0.25) is 0 Å². The Balaban J connectivity index is 2.22. The lowest BCUT2D eigenvalue weighted by molar-refractivity contribution is 0.341. The van der Waals surface area contributed by atoms with Crippen molar-refractivity contribution >= 4 is 0 Å². The van der Waals surface area contributed by atoms with Gasteiger partial charge in [-0.25, -0.2) is 8.78 Å². The van der Waals surface area contributed by atoms with Crippen LogP contribution in [0.15, 0.2) is 0 Å². The van der Waals surface area contributed by atoms with Gasteiger partial charge in [0.15, 0.2) is 0 Å². The molecule has 1 nitrogen and oxygen atoms in total. The van der Waals surface area contributed by atoms with Gasteiger partial charge in [-0.05, 0) is 6.42 Å². The van der Waals surface area contributed by atoms with Crippen molar-refractivity contribution in [1.29, 1.82) is 0 Å². The van der Waals surface area contributed by atoms with E-state index in [0.717, 1.165) is 0 Å². The molecule has 0 aliphatic carbocycles. The summed E-state index contributed by atoms with van der Waals surface area (Å²) in [6, 6.07) is -0.218. The lowest BCUT2D eigenvalue weighted by atomic mass is 10.2. The van der Waals surface area contributed by atoms with Crippen molar-refractivity contribution < 1.29 is 8.78 Å². The largest absolute Gasteiger partial charge is 0.308 e. The highest BCUT2D eigenvalue weighted by Crippen LogP contribution is 2.09. The summed E-state index contributed by atoms with van der Waals surface area (Å²) in [5.74, 6) is 0. The summed E-state index contributed by atoms with van der Waals surface area (Å²) in [5, 5.41) is 2.71. The Morgan fingerprint density at radius 2 is 2.38 bits per heavy atom. The van der Waals surface area contributed by atoms with Crippen molar-refractivity contribution in [3.05, 3.63) is 0 Å². The minimum Gasteiger partial charge on any atom is -0.308 e. The molecule has 1 rings (SSSR count). The number of nitrogens with one attached hydrogen (secondary N) is 1. The average molecular weight is 121 g/mol. The van der Waals surface area contributed by atoms with E-state index >= 15 is 0 Å². The molecule has 0 aromatic rings. The monoisotopic (exact) mass is 121 g/mol. The van der Waals surface area contributed by atoms with Crippen molar-refractivity contribution in [3.63, 3.8) is 0 Å². The molecular formula is C5H9F2N. The first kappa shape index (κ1) is 5.95. The van der Waals surface area contributed by atoms with E-state index in [1.54, 1.807) is 0 Å². The third kappa shape index (κ3) is 1.15. The number of rotatable bonds is 1. The van der Waals surface area contributed by atoms with Crippen molar-refractivity contribution in [3.8, 4) is 0 Å². The van der Waals surface area contributed by atoms with Crippen molar-refractivity contribution in [2.75, 3.05) is 13.2 Å². The Morgan fingerprint density at radius 3 is 2.62 bits per heavy atom. The quantitative estimate of drug-likeness (QED) is 0.537. The molecule has 0 spiro atoms. The molecule has 0 aromatic heterocycles. The molecule has 1 fully saturated rings. The second-order valence-electron chi connectivity index (χ2n) is 2.09. The summed E-state index contributed by atoms with van der Waals surface area (Å²) in [6.07, 6.45) is -0.480. The van der Waals surface area contributed by atoms with Gasteiger partial charge in [-0.15, -0.1) is 0 Å². The summed E-state index contributed by atoms with van der Waals surface area (Å²) >= 11 is 0. The summed E-state index contributed by atoms with van der Waals surface area (Å²) in [4.78, 5) is 0. The fourth-order valence-electron chi connectivity index (χ4n) is 0.887. The Labute approximate surface area is 47.1 Å². The molecule has 1 saturated heterocycles. The first-order chi connectivity index (χ1) is 3.83. The van der Waals surface area contributed by atoms with Crippen LogP contribution in [0.25, 0.3) is 0 Å². The summed E-state index contributed by atoms with van der Waals surface area (Å²) in [7, 11) is 0. The van der Waals surface area contributed by atoms with Crippen LogP contribution in [0, 0.1) is 0 Å². The topological polar surface area (TPSA) is 12.0 Å². The van der Waals surface area contributed by atoms with Gasteiger partial charge >= 0.3 is 0 Å². The maximum absolute atomic E-state index is 12.1. The van der Waals surface area contributed by atoms with Crippen LogP contribution < -0.4 is 5.32 Å². The molecule has 0 radical (unpaired) electrons. The zero-order valence-electron chi connectivity index (χ0n) is 4.53. The molecular weight excluding hydrogens is 112 g/mol. The van der Waals surface area contributed by atoms with Crippen LogP contribution in [0.4, 0.5) is 8.78 Å². The van der Waals surface area contributed by atoms with Gasteiger partial charge in [0, 0.05) is 12.6 Å². The van der Waals surface area contributed by atoms with E-state index in [2.05, 4.69) is 5.32 Å². The van der Waals surface area contributed by atoms with Crippen molar-refractivity contribution in [1.82, 2.24) is 5.32 Å². The first-order valence-corrected chi connectivity index (χ1v) is 2.76. The van der Waals surface area contributed by atoms with E-state index < -0.39 is 12.8 Å². The van der Waals surface area contributed by atoms with Crippen LogP contribution in [-0.2, 0) is 0 Å². The third-order valence-corrected chi connectivity index (χ3v) is 1.35. The summed E-state index contributed by atoms with van der Waals surface area (Å²) < 4.78 is 23.8.